The van der Waals surface area contributed by atoms with Crippen molar-refractivity contribution in [2.45, 2.75) is 26.3 Å². The van der Waals surface area contributed by atoms with Gasteiger partial charge in [-0.2, -0.15) is 0 Å². The highest BCUT2D eigenvalue weighted by Gasteiger charge is 2.30. The maximum absolute atomic E-state index is 12.0. The first kappa shape index (κ1) is 14.5. The highest BCUT2D eigenvalue weighted by molar-refractivity contribution is 6.01. The van der Waals surface area contributed by atoms with Crippen molar-refractivity contribution in [3.63, 3.8) is 0 Å². The lowest BCUT2D eigenvalue weighted by molar-refractivity contribution is 0.0967. The molecule has 2 aromatic carbocycles. The first-order valence-corrected chi connectivity index (χ1v) is 7.63. The van der Waals surface area contributed by atoms with Gasteiger partial charge in [0.1, 0.15) is 5.84 Å². The number of carbonyl (C=O) groups is 1. The Morgan fingerprint density at radius 1 is 1.05 bits per heavy atom. The summed E-state index contributed by atoms with van der Waals surface area (Å²) in [6.45, 7) is 2.63. The second-order valence-electron chi connectivity index (χ2n) is 5.90. The third-order valence-corrected chi connectivity index (χ3v) is 3.97. The van der Waals surface area contributed by atoms with Gasteiger partial charge in [-0.25, -0.2) is 0 Å². The highest BCUT2D eigenvalue weighted by Crippen LogP contribution is 2.32. The molecule has 2 N–H and O–H groups in total. The molecule has 3 heteroatoms. The van der Waals surface area contributed by atoms with Gasteiger partial charge in [-0.3, -0.25) is 9.79 Å². The Kier molecular flexibility index (Phi) is 4.05. The van der Waals surface area contributed by atoms with E-state index in [9.17, 15) is 4.79 Å². The van der Waals surface area contributed by atoms with E-state index in [0.29, 0.717) is 12.4 Å². The molecule has 1 aliphatic rings. The van der Waals surface area contributed by atoms with Crippen LogP contribution in [0.4, 0.5) is 0 Å². The maximum Gasteiger partial charge on any atom is 0.165 e. The minimum atomic E-state index is 0.249. The van der Waals surface area contributed by atoms with Crippen LogP contribution in [0.2, 0.25) is 0 Å². The van der Waals surface area contributed by atoms with Gasteiger partial charge in [0.25, 0.3) is 0 Å². The van der Waals surface area contributed by atoms with E-state index in [1.165, 1.54) is 5.56 Å². The first-order chi connectivity index (χ1) is 10.6. The predicted octanol–water partition coefficient (Wildman–Crippen LogP) is 3.49. The van der Waals surface area contributed by atoms with Gasteiger partial charge < -0.3 is 5.73 Å². The van der Waals surface area contributed by atoms with Crippen molar-refractivity contribution in [3.05, 3.63) is 70.8 Å². The number of rotatable bonds is 5. The summed E-state index contributed by atoms with van der Waals surface area (Å²) in [4.78, 5) is 16.4. The third-order valence-electron chi connectivity index (χ3n) is 3.97. The molecule has 0 bridgehead atoms. The molecule has 112 valence electrons. The van der Waals surface area contributed by atoms with E-state index in [1.54, 1.807) is 0 Å². The fourth-order valence-corrected chi connectivity index (χ4v) is 2.35. The lowest BCUT2D eigenvalue weighted by Gasteiger charge is -2.04. The Morgan fingerprint density at radius 2 is 1.64 bits per heavy atom. The Hall–Kier alpha value is -2.42. The molecule has 3 nitrogen and oxygen atoms in total. The topological polar surface area (TPSA) is 55.4 Å². The van der Waals surface area contributed by atoms with Crippen LogP contribution in [0.25, 0.3) is 0 Å². The predicted molar refractivity (Wildman–Crippen MR) is 89.1 cm³/mol. The van der Waals surface area contributed by atoms with Crippen LogP contribution in [0.15, 0.2) is 53.5 Å². The van der Waals surface area contributed by atoms with Crippen LogP contribution in [-0.2, 0) is 6.54 Å². The molecular weight excluding hydrogens is 272 g/mol. The van der Waals surface area contributed by atoms with Gasteiger partial charge in [0, 0.05) is 17.0 Å². The van der Waals surface area contributed by atoms with Gasteiger partial charge >= 0.3 is 0 Å². The molecule has 0 atom stereocenters. The van der Waals surface area contributed by atoms with E-state index in [0.717, 1.165) is 29.5 Å². The number of nitrogens with zero attached hydrogens (tertiary/aromatic N) is 1. The lowest BCUT2D eigenvalue weighted by atomic mass is 10.0. The largest absolute Gasteiger partial charge is 0.383 e. The van der Waals surface area contributed by atoms with Gasteiger partial charge in [0.15, 0.2) is 5.78 Å². The van der Waals surface area contributed by atoms with Crippen LogP contribution in [-0.4, -0.2) is 11.6 Å². The average Bonchev–Trinajstić information content (AvgIpc) is 3.38. The lowest BCUT2D eigenvalue weighted by Crippen LogP contribution is -2.14. The van der Waals surface area contributed by atoms with Crippen molar-refractivity contribution in [3.8, 4) is 0 Å². The fraction of sp³-hybridized carbons (Fsp3) is 0.263. The summed E-state index contributed by atoms with van der Waals surface area (Å²) in [6, 6.07) is 15.7. The number of amidine groups is 1. The molecule has 3 rings (SSSR count). The second kappa shape index (κ2) is 6.14. The maximum atomic E-state index is 12.0. The van der Waals surface area contributed by atoms with Crippen LogP contribution in [0.3, 0.4) is 0 Å². The van der Waals surface area contributed by atoms with Crippen LogP contribution >= 0.6 is 0 Å². The van der Waals surface area contributed by atoms with Crippen LogP contribution in [0.1, 0.15) is 39.9 Å². The molecule has 1 fully saturated rings. The summed E-state index contributed by atoms with van der Waals surface area (Å²) in [5.74, 6) is 1.01. The second-order valence-corrected chi connectivity index (χ2v) is 5.90. The molecule has 0 aromatic heterocycles. The molecule has 0 radical (unpaired) electrons. The highest BCUT2D eigenvalue weighted by atomic mass is 16.1. The minimum absolute atomic E-state index is 0.249. The van der Waals surface area contributed by atoms with Gasteiger partial charge in [0.05, 0.1) is 6.54 Å². The molecule has 0 spiro atoms. The molecule has 22 heavy (non-hydrogen) atoms. The third kappa shape index (κ3) is 3.42. The van der Waals surface area contributed by atoms with E-state index in [2.05, 4.69) is 36.2 Å². The normalized spacial score (nSPS) is 14.9. The quantitative estimate of drug-likeness (QED) is 0.521. The van der Waals surface area contributed by atoms with Gasteiger partial charge in [-0.05, 0) is 25.3 Å². The van der Waals surface area contributed by atoms with E-state index in [4.69, 9.17) is 5.73 Å². The molecule has 0 saturated heterocycles. The summed E-state index contributed by atoms with van der Waals surface area (Å²) in [5, 5.41) is 0. The Bertz CT molecular complexity index is 695. The van der Waals surface area contributed by atoms with E-state index in [-0.39, 0.29) is 11.7 Å². The van der Waals surface area contributed by atoms with Crippen LogP contribution in [0.5, 0.6) is 0 Å². The summed E-state index contributed by atoms with van der Waals surface area (Å²) in [7, 11) is 0. The van der Waals surface area contributed by atoms with E-state index < -0.39 is 0 Å². The van der Waals surface area contributed by atoms with Crippen LogP contribution in [0, 0.1) is 12.8 Å². The zero-order chi connectivity index (χ0) is 15.5. The van der Waals surface area contributed by atoms with E-state index in [1.807, 2.05) is 24.3 Å². The summed E-state index contributed by atoms with van der Waals surface area (Å²) < 4.78 is 0. The number of ketones is 1. The summed E-state index contributed by atoms with van der Waals surface area (Å²) in [6.07, 6.45) is 2.06. The van der Waals surface area contributed by atoms with Crippen LogP contribution < -0.4 is 5.73 Å². The molecule has 2 aromatic rings. The molecule has 0 aliphatic heterocycles. The first-order valence-electron chi connectivity index (χ1n) is 7.63. The number of carbonyl (C=O) groups excluding carboxylic acids is 1. The smallest absolute Gasteiger partial charge is 0.165 e. The number of nitrogens with two attached hydrogens (primary N) is 1. The standard InChI is InChI=1S/C19H20N2O/c1-13-2-4-14(5-3-13)12-21-19(20)17-10-8-16(9-11-17)18(22)15-6-7-15/h2-5,8-11,15H,6-7,12H2,1H3,(H2,20,21). The Morgan fingerprint density at radius 3 is 2.23 bits per heavy atom. The number of Topliss-reactive ketones (excluding diaryl/α,β-unsaturated/α-hetero) is 1. The SMILES string of the molecule is Cc1ccc(CN=C(N)c2ccc(C(=O)C3CC3)cc2)cc1. The monoisotopic (exact) mass is 292 g/mol. The molecule has 1 saturated carbocycles. The number of aryl methyl sites for hydroxylation is 1. The number of benzene rings is 2. The number of hydrogen-bond donors (Lipinski definition) is 1. The molecular formula is C19H20N2O. The van der Waals surface area contributed by atoms with Gasteiger partial charge in [-0.15, -0.1) is 0 Å². The van der Waals surface area contributed by atoms with Crippen molar-refractivity contribution in [2.24, 2.45) is 16.6 Å². The molecule has 0 unspecified atom stereocenters. The fourth-order valence-electron chi connectivity index (χ4n) is 2.35. The van der Waals surface area contributed by atoms with Crippen molar-refractivity contribution < 1.29 is 4.79 Å². The summed E-state index contributed by atoms with van der Waals surface area (Å²) >= 11 is 0. The molecule has 1 aliphatic carbocycles. The van der Waals surface area contributed by atoms with Crippen molar-refractivity contribution >= 4 is 11.6 Å². The van der Waals surface area contributed by atoms with E-state index >= 15 is 0 Å². The zero-order valence-electron chi connectivity index (χ0n) is 12.8. The number of aliphatic imine (C=N–C) groups is 1. The minimum Gasteiger partial charge on any atom is -0.383 e. The number of hydrogen-bond acceptors (Lipinski definition) is 2. The summed E-state index contributed by atoms with van der Waals surface area (Å²) in [5.41, 5.74) is 10.0. The van der Waals surface area contributed by atoms with Crippen molar-refractivity contribution in [1.82, 2.24) is 0 Å². The molecule has 0 amide bonds. The zero-order valence-corrected chi connectivity index (χ0v) is 12.8. The average molecular weight is 292 g/mol. The Balaban J connectivity index is 1.68. The Labute approximate surface area is 130 Å². The van der Waals surface area contributed by atoms with Crippen molar-refractivity contribution in [2.75, 3.05) is 0 Å². The van der Waals surface area contributed by atoms with Crippen molar-refractivity contribution in [1.29, 1.82) is 0 Å². The van der Waals surface area contributed by atoms with Gasteiger partial charge in [-0.1, -0.05) is 54.1 Å². The molecule has 0 heterocycles. The van der Waals surface area contributed by atoms with Gasteiger partial charge in [0.2, 0.25) is 0 Å².